The molecule has 0 aliphatic heterocycles. The van der Waals surface area contributed by atoms with Crippen LogP contribution in [0.15, 0.2) is 48.5 Å². The maximum absolute atomic E-state index is 12.8. The Kier molecular flexibility index (Phi) is 4.69. The van der Waals surface area contributed by atoms with Gasteiger partial charge in [0.2, 0.25) is 5.24 Å². The molecule has 0 saturated carbocycles. The van der Waals surface area contributed by atoms with E-state index >= 15 is 0 Å². The summed E-state index contributed by atoms with van der Waals surface area (Å²) in [5, 5.41) is -0.289. The molecule has 0 N–H and O–H groups in total. The van der Waals surface area contributed by atoms with Crippen LogP contribution in [0.5, 0.6) is 0 Å². The summed E-state index contributed by atoms with van der Waals surface area (Å²) >= 11 is 5.29. The smallest absolute Gasteiger partial charge is 0.221 e. The first kappa shape index (κ1) is 13.8. The lowest BCUT2D eigenvalue weighted by Gasteiger charge is -2.04. The molecule has 2 rings (SSSR count). The highest BCUT2D eigenvalue weighted by Crippen LogP contribution is 2.20. The Hall–Kier alpha value is -1.67. The van der Waals surface area contributed by atoms with Gasteiger partial charge in [-0.05, 0) is 53.3 Å². The summed E-state index contributed by atoms with van der Waals surface area (Å²) in [6.45, 7) is 0. The van der Waals surface area contributed by atoms with Crippen molar-refractivity contribution in [2.75, 3.05) is 0 Å². The van der Waals surface area contributed by atoms with Crippen LogP contribution in [-0.4, -0.2) is 5.24 Å². The molecule has 0 fully saturated rings. The van der Waals surface area contributed by atoms with E-state index in [1.54, 1.807) is 12.1 Å². The van der Waals surface area contributed by atoms with Crippen LogP contribution in [0.4, 0.5) is 4.39 Å². The quantitative estimate of drug-likeness (QED) is 0.731. The first-order valence-electron chi connectivity index (χ1n) is 6.18. The Balaban J connectivity index is 2.02. The third-order valence-electron chi connectivity index (χ3n) is 2.97. The van der Waals surface area contributed by atoms with E-state index in [9.17, 15) is 9.18 Å². The molecule has 98 valence electrons. The predicted octanol–water partition coefficient (Wildman–Crippen LogP) is 4.58. The van der Waals surface area contributed by atoms with E-state index in [4.69, 9.17) is 11.6 Å². The highest BCUT2D eigenvalue weighted by molar-refractivity contribution is 6.63. The number of halogens is 2. The predicted molar refractivity (Wildman–Crippen MR) is 75.6 cm³/mol. The second kappa shape index (κ2) is 6.48. The van der Waals surface area contributed by atoms with E-state index in [1.807, 2.05) is 24.3 Å². The lowest BCUT2D eigenvalue weighted by Crippen LogP contribution is -1.90. The Morgan fingerprint density at radius 2 is 1.47 bits per heavy atom. The van der Waals surface area contributed by atoms with Gasteiger partial charge in [-0.2, -0.15) is 0 Å². The van der Waals surface area contributed by atoms with Gasteiger partial charge < -0.3 is 0 Å². The number of carbonyl (C=O) groups excluding carboxylic acids is 1. The van der Waals surface area contributed by atoms with Crippen LogP contribution >= 0.6 is 11.6 Å². The number of aryl methyl sites for hydroxylation is 1. The van der Waals surface area contributed by atoms with Crippen molar-refractivity contribution < 1.29 is 9.18 Å². The minimum absolute atomic E-state index is 0.230. The van der Waals surface area contributed by atoms with Crippen LogP contribution in [0, 0.1) is 5.82 Å². The molecule has 0 unspecified atom stereocenters. The van der Waals surface area contributed by atoms with Crippen molar-refractivity contribution in [1.29, 1.82) is 0 Å². The van der Waals surface area contributed by atoms with Crippen LogP contribution in [0.2, 0.25) is 0 Å². The summed E-state index contributed by atoms with van der Waals surface area (Å²) in [6.07, 6.45) is 2.00. The van der Waals surface area contributed by atoms with Crippen LogP contribution in [0.3, 0.4) is 0 Å². The van der Waals surface area contributed by atoms with Crippen molar-refractivity contribution in [1.82, 2.24) is 0 Å². The molecular formula is C16H14ClFO. The van der Waals surface area contributed by atoms with E-state index in [2.05, 4.69) is 0 Å². The van der Waals surface area contributed by atoms with Gasteiger partial charge in [-0.15, -0.1) is 0 Å². The molecule has 1 nitrogen and oxygen atoms in total. The van der Waals surface area contributed by atoms with Crippen molar-refractivity contribution in [2.24, 2.45) is 0 Å². The maximum atomic E-state index is 12.8. The molecule has 0 atom stereocenters. The minimum atomic E-state index is -0.289. The second-order valence-electron chi connectivity index (χ2n) is 4.41. The van der Waals surface area contributed by atoms with Crippen molar-refractivity contribution in [3.63, 3.8) is 0 Å². The maximum Gasteiger partial charge on any atom is 0.221 e. The van der Waals surface area contributed by atoms with Gasteiger partial charge in [0.05, 0.1) is 0 Å². The number of carbonyl (C=O) groups is 1. The normalized spacial score (nSPS) is 10.4. The van der Waals surface area contributed by atoms with Gasteiger partial charge in [-0.25, -0.2) is 4.39 Å². The van der Waals surface area contributed by atoms with Gasteiger partial charge in [0.15, 0.2) is 0 Å². The Morgan fingerprint density at radius 1 is 0.947 bits per heavy atom. The summed E-state index contributed by atoms with van der Waals surface area (Å²) in [5.74, 6) is -0.230. The summed E-state index contributed by atoms with van der Waals surface area (Å²) < 4.78 is 12.8. The van der Waals surface area contributed by atoms with Gasteiger partial charge >= 0.3 is 0 Å². The van der Waals surface area contributed by atoms with Crippen molar-refractivity contribution >= 4 is 16.8 Å². The Morgan fingerprint density at radius 3 is 2.00 bits per heavy atom. The van der Waals surface area contributed by atoms with E-state index in [-0.39, 0.29) is 11.1 Å². The lowest BCUT2D eigenvalue weighted by molar-refractivity contribution is -0.111. The molecule has 0 bridgehead atoms. The molecule has 0 aliphatic rings. The van der Waals surface area contributed by atoms with Crippen LogP contribution in [0.1, 0.15) is 18.4 Å². The average molecular weight is 277 g/mol. The van der Waals surface area contributed by atoms with Gasteiger partial charge in [0.25, 0.3) is 0 Å². The monoisotopic (exact) mass is 276 g/mol. The molecule has 2 aromatic carbocycles. The highest BCUT2D eigenvalue weighted by Gasteiger charge is 2.00. The van der Waals surface area contributed by atoms with Crippen molar-refractivity contribution in [3.05, 3.63) is 59.9 Å². The standard InChI is InChI=1S/C16H14ClFO/c17-16(19)3-1-2-12-4-6-13(7-5-12)14-8-10-15(18)11-9-14/h4-11H,1-3H2. The number of benzene rings is 2. The third kappa shape index (κ3) is 4.18. The van der Waals surface area contributed by atoms with E-state index in [0.717, 1.165) is 24.0 Å². The van der Waals surface area contributed by atoms with E-state index in [1.165, 1.54) is 17.7 Å². The summed E-state index contributed by atoms with van der Waals surface area (Å²) in [6, 6.07) is 14.5. The zero-order valence-corrected chi connectivity index (χ0v) is 11.2. The Labute approximate surface area is 117 Å². The molecule has 0 aliphatic carbocycles. The second-order valence-corrected chi connectivity index (χ2v) is 4.83. The summed E-state index contributed by atoms with van der Waals surface area (Å²) in [4.78, 5) is 10.6. The first-order chi connectivity index (χ1) is 9.15. The fourth-order valence-corrected chi connectivity index (χ4v) is 2.07. The number of rotatable bonds is 5. The number of hydrogen-bond acceptors (Lipinski definition) is 1. The zero-order chi connectivity index (χ0) is 13.7. The van der Waals surface area contributed by atoms with Gasteiger partial charge in [0.1, 0.15) is 5.82 Å². The van der Waals surface area contributed by atoms with Gasteiger partial charge in [-0.3, -0.25) is 4.79 Å². The lowest BCUT2D eigenvalue weighted by atomic mass is 10.0. The molecule has 0 spiro atoms. The van der Waals surface area contributed by atoms with Crippen molar-refractivity contribution in [3.8, 4) is 11.1 Å². The molecule has 0 radical (unpaired) electrons. The Bertz CT molecular complexity index is 546. The molecule has 0 aromatic heterocycles. The SMILES string of the molecule is O=C(Cl)CCCc1ccc(-c2ccc(F)cc2)cc1. The van der Waals surface area contributed by atoms with Crippen LogP contribution in [-0.2, 0) is 11.2 Å². The summed E-state index contributed by atoms with van der Waals surface area (Å²) in [7, 11) is 0. The molecule has 0 heterocycles. The van der Waals surface area contributed by atoms with Crippen LogP contribution < -0.4 is 0 Å². The first-order valence-corrected chi connectivity index (χ1v) is 6.56. The van der Waals surface area contributed by atoms with Crippen molar-refractivity contribution in [2.45, 2.75) is 19.3 Å². The highest BCUT2D eigenvalue weighted by atomic mass is 35.5. The molecule has 0 amide bonds. The number of hydrogen-bond donors (Lipinski definition) is 0. The van der Waals surface area contributed by atoms with Gasteiger partial charge in [0, 0.05) is 6.42 Å². The minimum Gasteiger partial charge on any atom is -0.281 e. The summed E-state index contributed by atoms with van der Waals surface area (Å²) in [5.41, 5.74) is 3.21. The average Bonchev–Trinajstić information content (AvgIpc) is 2.40. The zero-order valence-electron chi connectivity index (χ0n) is 10.4. The van der Waals surface area contributed by atoms with E-state index < -0.39 is 0 Å². The molecule has 2 aromatic rings. The topological polar surface area (TPSA) is 17.1 Å². The molecule has 0 saturated heterocycles. The fourth-order valence-electron chi connectivity index (χ4n) is 1.94. The molecule has 19 heavy (non-hydrogen) atoms. The fraction of sp³-hybridized carbons (Fsp3) is 0.188. The molecule has 3 heteroatoms. The molecular weight excluding hydrogens is 263 g/mol. The largest absolute Gasteiger partial charge is 0.281 e. The van der Waals surface area contributed by atoms with Crippen LogP contribution in [0.25, 0.3) is 11.1 Å². The van der Waals surface area contributed by atoms with Gasteiger partial charge in [-0.1, -0.05) is 36.4 Å². The van der Waals surface area contributed by atoms with E-state index in [0.29, 0.717) is 6.42 Å². The third-order valence-corrected chi connectivity index (χ3v) is 3.16.